The van der Waals surface area contributed by atoms with Crippen molar-refractivity contribution in [2.45, 2.75) is 12.3 Å². The number of thiazole rings is 1. The Morgan fingerprint density at radius 1 is 1.06 bits per heavy atom. The number of carbonyl (C=O) groups is 1. The molecule has 166 valence electrons. The van der Waals surface area contributed by atoms with Crippen LogP contribution in [-0.4, -0.2) is 31.3 Å². The number of rotatable bonds is 7. The van der Waals surface area contributed by atoms with E-state index in [-0.39, 0.29) is 5.92 Å². The molecular weight excluding hydrogens is 432 g/mol. The van der Waals surface area contributed by atoms with Gasteiger partial charge in [0.25, 0.3) is 0 Å². The Balaban J connectivity index is 1.12. The quantitative estimate of drug-likeness (QED) is 0.334. The van der Waals surface area contributed by atoms with Crippen molar-refractivity contribution in [3.05, 3.63) is 88.9 Å². The predicted molar refractivity (Wildman–Crippen MR) is 133 cm³/mol. The second-order valence-electron chi connectivity index (χ2n) is 7.83. The average Bonchev–Trinajstić information content (AvgIpc) is 3.40. The fourth-order valence-corrected chi connectivity index (χ4v) is 5.14. The molecule has 0 atom stereocenters. The maximum atomic E-state index is 12.3. The molecule has 1 heterocycles. The van der Waals surface area contributed by atoms with Crippen LogP contribution in [-0.2, 0) is 4.74 Å². The zero-order valence-corrected chi connectivity index (χ0v) is 19.1. The smallest absolute Gasteiger partial charge is 0.407 e. The monoisotopic (exact) mass is 456 g/mol. The van der Waals surface area contributed by atoms with Gasteiger partial charge in [-0.05, 0) is 52.9 Å². The van der Waals surface area contributed by atoms with E-state index >= 15 is 0 Å². The number of hydrogen-bond acceptors (Lipinski definition) is 5. The number of carbonyl (C=O) groups excluding carboxylic acids is 1. The van der Waals surface area contributed by atoms with E-state index in [9.17, 15) is 4.79 Å². The molecule has 6 heteroatoms. The third-order valence-electron chi connectivity index (χ3n) is 5.80. The SMILES string of the molecule is COc1ccc2nc(C=CCCNC(=O)OCC3c4ccccc4-c4ccccc43)sc2c1. The van der Waals surface area contributed by atoms with Gasteiger partial charge in [0.15, 0.2) is 0 Å². The first-order valence-electron chi connectivity index (χ1n) is 10.9. The van der Waals surface area contributed by atoms with Gasteiger partial charge in [-0.15, -0.1) is 11.3 Å². The van der Waals surface area contributed by atoms with E-state index in [1.807, 2.05) is 54.6 Å². The predicted octanol–water partition coefficient (Wildman–Crippen LogP) is 6.25. The molecule has 0 radical (unpaired) electrons. The maximum Gasteiger partial charge on any atom is 0.407 e. The zero-order chi connectivity index (χ0) is 22.6. The molecule has 5 rings (SSSR count). The van der Waals surface area contributed by atoms with Gasteiger partial charge in [-0.3, -0.25) is 0 Å². The van der Waals surface area contributed by atoms with E-state index in [1.54, 1.807) is 18.4 Å². The molecule has 5 nitrogen and oxygen atoms in total. The van der Waals surface area contributed by atoms with Crippen molar-refractivity contribution >= 4 is 33.7 Å². The van der Waals surface area contributed by atoms with Crippen molar-refractivity contribution in [1.29, 1.82) is 0 Å². The summed E-state index contributed by atoms with van der Waals surface area (Å²) in [5.74, 6) is 0.898. The van der Waals surface area contributed by atoms with Crippen molar-refractivity contribution < 1.29 is 14.3 Å². The van der Waals surface area contributed by atoms with E-state index in [0.717, 1.165) is 21.0 Å². The van der Waals surface area contributed by atoms with Crippen LogP contribution >= 0.6 is 11.3 Å². The number of benzene rings is 3. The van der Waals surface area contributed by atoms with Crippen LogP contribution in [0.4, 0.5) is 4.79 Å². The van der Waals surface area contributed by atoms with Crippen LogP contribution in [0.25, 0.3) is 27.4 Å². The number of amides is 1. The fraction of sp³-hybridized carbons (Fsp3) is 0.185. The number of methoxy groups -OCH3 is 1. The number of aromatic nitrogens is 1. The van der Waals surface area contributed by atoms with Gasteiger partial charge in [-0.2, -0.15) is 0 Å². The molecule has 0 fully saturated rings. The number of nitrogens with one attached hydrogen (secondary N) is 1. The highest BCUT2D eigenvalue weighted by Gasteiger charge is 2.28. The maximum absolute atomic E-state index is 12.3. The summed E-state index contributed by atoms with van der Waals surface area (Å²) in [6.07, 6.45) is 4.30. The summed E-state index contributed by atoms with van der Waals surface area (Å²) in [6, 6.07) is 22.5. The topological polar surface area (TPSA) is 60.5 Å². The summed E-state index contributed by atoms with van der Waals surface area (Å²) >= 11 is 1.61. The van der Waals surface area contributed by atoms with E-state index in [1.165, 1.54) is 22.3 Å². The molecule has 0 saturated heterocycles. The van der Waals surface area contributed by atoms with Crippen LogP contribution in [0.2, 0.25) is 0 Å². The van der Waals surface area contributed by atoms with Gasteiger partial charge in [0.1, 0.15) is 17.4 Å². The second-order valence-corrected chi connectivity index (χ2v) is 8.89. The van der Waals surface area contributed by atoms with Gasteiger partial charge in [0, 0.05) is 12.5 Å². The number of alkyl carbamates (subject to hydrolysis) is 1. The van der Waals surface area contributed by atoms with Crippen LogP contribution in [0.1, 0.15) is 28.5 Å². The molecule has 0 bridgehead atoms. The number of hydrogen-bond donors (Lipinski definition) is 1. The molecule has 1 aliphatic carbocycles. The Kier molecular flexibility index (Phi) is 6.09. The molecule has 33 heavy (non-hydrogen) atoms. The summed E-state index contributed by atoms with van der Waals surface area (Å²) < 4.78 is 11.9. The standard InChI is InChI=1S/C27H24N2O3S/c1-31-18-13-14-24-25(16-18)33-26(29-24)12-6-7-15-28-27(30)32-17-23-21-10-4-2-8-19(21)20-9-3-5-11-22(20)23/h2-6,8-14,16,23H,7,15,17H2,1H3,(H,28,30). The summed E-state index contributed by atoms with van der Waals surface area (Å²) in [6.45, 7) is 0.830. The van der Waals surface area contributed by atoms with Gasteiger partial charge in [-0.1, -0.05) is 54.6 Å². The summed E-state index contributed by atoms with van der Waals surface area (Å²) in [4.78, 5) is 16.9. The Morgan fingerprint density at radius 2 is 1.79 bits per heavy atom. The van der Waals surface area contributed by atoms with Gasteiger partial charge in [0.2, 0.25) is 0 Å². The lowest BCUT2D eigenvalue weighted by molar-refractivity contribution is 0.143. The Labute approximate surface area is 196 Å². The van der Waals surface area contributed by atoms with Crippen LogP contribution < -0.4 is 10.1 Å². The van der Waals surface area contributed by atoms with Crippen molar-refractivity contribution in [3.63, 3.8) is 0 Å². The Morgan fingerprint density at radius 3 is 2.52 bits per heavy atom. The average molecular weight is 457 g/mol. The molecular formula is C27H24N2O3S. The van der Waals surface area contributed by atoms with E-state index in [0.29, 0.717) is 19.6 Å². The minimum absolute atomic E-state index is 0.0701. The van der Waals surface area contributed by atoms with E-state index in [2.05, 4.69) is 34.6 Å². The first kappa shape index (κ1) is 21.2. The first-order chi connectivity index (χ1) is 16.2. The van der Waals surface area contributed by atoms with Crippen LogP contribution in [0, 0.1) is 0 Å². The minimum Gasteiger partial charge on any atom is -0.497 e. The fourth-order valence-electron chi connectivity index (χ4n) is 4.21. The zero-order valence-electron chi connectivity index (χ0n) is 18.3. The molecule has 1 amide bonds. The molecule has 3 aromatic carbocycles. The molecule has 0 saturated carbocycles. The molecule has 0 unspecified atom stereocenters. The van der Waals surface area contributed by atoms with Crippen LogP contribution in [0.15, 0.2) is 72.8 Å². The van der Waals surface area contributed by atoms with Crippen molar-refractivity contribution in [2.75, 3.05) is 20.3 Å². The normalized spacial score (nSPS) is 12.6. The summed E-state index contributed by atoms with van der Waals surface area (Å²) in [7, 11) is 1.66. The lowest BCUT2D eigenvalue weighted by Gasteiger charge is -2.14. The molecule has 1 aliphatic rings. The lowest BCUT2D eigenvalue weighted by atomic mass is 9.98. The first-order valence-corrected chi connectivity index (χ1v) is 11.7. The van der Waals surface area contributed by atoms with Crippen molar-refractivity contribution in [2.24, 2.45) is 0 Å². The summed E-state index contributed by atoms with van der Waals surface area (Å²) in [5.41, 5.74) is 5.82. The molecule has 4 aromatic rings. The van der Waals surface area contributed by atoms with Crippen molar-refractivity contribution in [1.82, 2.24) is 10.3 Å². The molecule has 1 aromatic heterocycles. The van der Waals surface area contributed by atoms with Gasteiger partial charge < -0.3 is 14.8 Å². The van der Waals surface area contributed by atoms with Gasteiger partial charge in [0.05, 0.1) is 17.3 Å². The number of ether oxygens (including phenoxy) is 2. The van der Waals surface area contributed by atoms with Gasteiger partial charge >= 0.3 is 6.09 Å². The number of nitrogens with zero attached hydrogens (tertiary/aromatic N) is 1. The molecule has 1 N–H and O–H groups in total. The van der Waals surface area contributed by atoms with E-state index in [4.69, 9.17) is 9.47 Å². The Hall–Kier alpha value is -3.64. The molecule has 0 aliphatic heterocycles. The highest BCUT2D eigenvalue weighted by molar-refractivity contribution is 7.19. The highest BCUT2D eigenvalue weighted by atomic mass is 32.1. The number of fused-ring (bicyclic) bond motifs is 4. The Bertz CT molecular complexity index is 1280. The third-order valence-corrected chi connectivity index (χ3v) is 6.78. The van der Waals surface area contributed by atoms with E-state index < -0.39 is 6.09 Å². The van der Waals surface area contributed by atoms with Crippen molar-refractivity contribution in [3.8, 4) is 16.9 Å². The largest absolute Gasteiger partial charge is 0.497 e. The minimum atomic E-state index is -0.391. The van der Waals surface area contributed by atoms with Crippen LogP contribution in [0.3, 0.4) is 0 Å². The highest BCUT2D eigenvalue weighted by Crippen LogP contribution is 2.44. The second kappa shape index (κ2) is 9.46. The lowest BCUT2D eigenvalue weighted by Crippen LogP contribution is -2.26. The third kappa shape index (κ3) is 4.47. The van der Waals surface area contributed by atoms with Gasteiger partial charge in [-0.25, -0.2) is 9.78 Å². The summed E-state index contributed by atoms with van der Waals surface area (Å²) in [5, 5.41) is 3.77. The van der Waals surface area contributed by atoms with Crippen LogP contribution in [0.5, 0.6) is 5.75 Å². The molecule has 0 spiro atoms.